The van der Waals surface area contributed by atoms with E-state index in [-0.39, 0.29) is 6.61 Å². The van der Waals surface area contributed by atoms with Crippen LogP contribution in [-0.2, 0) is 14.2 Å². The number of hydrogen-bond acceptors (Lipinski definition) is 5. The standard InChI is InChI=1S/C11H20O5/c1-14-10-6-7-11(15-2,16-10)9(13)5-3-4-8-12/h6-7,9-10,12-13H,3-5,8H2,1-2H3. The van der Waals surface area contributed by atoms with Crippen molar-refractivity contribution in [1.29, 1.82) is 0 Å². The van der Waals surface area contributed by atoms with Crippen LogP contribution in [0.5, 0.6) is 0 Å². The van der Waals surface area contributed by atoms with Crippen LogP contribution in [0.25, 0.3) is 0 Å². The maximum atomic E-state index is 10.0. The first-order chi connectivity index (χ1) is 7.68. The molecular formula is C11H20O5. The average Bonchev–Trinajstić information content (AvgIpc) is 2.74. The van der Waals surface area contributed by atoms with Crippen molar-refractivity contribution in [2.24, 2.45) is 0 Å². The van der Waals surface area contributed by atoms with Crippen LogP contribution >= 0.6 is 0 Å². The maximum Gasteiger partial charge on any atom is 0.217 e. The molecule has 0 spiro atoms. The van der Waals surface area contributed by atoms with Crippen molar-refractivity contribution in [2.75, 3.05) is 20.8 Å². The Balaban J connectivity index is 2.50. The molecule has 0 fully saturated rings. The van der Waals surface area contributed by atoms with Gasteiger partial charge in [-0.05, 0) is 31.4 Å². The summed E-state index contributed by atoms with van der Waals surface area (Å²) in [5, 5.41) is 18.7. The topological polar surface area (TPSA) is 68.2 Å². The van der Waals surface area contributed by atoms with Crippen molar-refractivity contribution in [3.8, 4) is 0 Å². The van der Waals surface area contributed by atoms with Crippen LogP contribution in [-0.4, -0.2) is 49.2 Å². The maximum absolute atomic E-state index is 10.0. The number of aliphatic hydroxyl groups is 2. The zero-order valence-corrected chi connectivity index (χ0v) is 9.76. The molecule has 0 aromatic heterocycles. The summed E-state index contributed by atoms with van der Waals surface area (Å²) < 4.78 is 15.7. The summed E-state index contributed by atoms with van der Waals surface area (Å²) in [5.41, 5.74) is 0. The van der Waals surface area contributed by atoms with E-state index in [1.165, 1.54) is 14.2 Å². The summed E-state index contributed by atoms with van der Waals surface area (Å²) in [5.74, 6) is -1.11. The molecular weight excluding hydrogens is 212 g/mol. The van der Waals surface area contributed by atoms with E-state index in [9.17, 15) is 5.11 Å². The van der Waals surface area contributed by atoms with Crippen LogP contribution in [0.1, 0.15) is 19.3 Å². The van der Waals surface area contributed by atoms with Crippen molar-refractivity contribution < 1.29 is 24.4 Å². The number of unbranched alkanes of at least 4 members (excludes halogenated alkanes) is 1. The minimum absolute atomic E-state index is 0.129. The van der Waals surface area contributed by atoms with Crippen LogP contribution in [0.4, 0.5) is 0 Å². The summed E-state index contributed by atoms with van der Waals surface area (Å²) >= 11 is 0. The summed E-state index contributed by atoms with van der Waals surface area (Å²) in [7, 11) is 3.01. The van der Waals surface area contributed by atoms with Gasteiger partial charge in [0.05, 0.1) is 0 Å². The molecule has 0 bridgehead atoms. The molecule has 0 aliphatic carbocycles. The largest absolute Gasteiger partial charge is 0.396 e. The van der Waals surface area contributed by atoms with E-state index in [2.05, 4.69) is 0 Å². The van der Waals surface area contributed by atoms with Gasteiger partial charge in [0, 0.05) is 20.8 Å². The fourth-order valence-electron chi connectivity index (χ4n) is 1.69. The molecule has 3 unspecified atom stereocenters. The molecule has 0 radical (unpaired) electrons. The second-order valence-electron chi connectivity index (χ2n) is 3.74. The van der Waals surface area contributed by atoms with Crippen molar-refractivity contribution in [1.82, 2.24) is 0 Å². The Hall–Kier alpha value is -0.460. The highest BCUT2D eigenvalue weighted by molar-refractivity contribution is 5.08. The molecule has 0 aromatic rings. The van der Waals surface area contributed by atoms with Crippen LogP contribution in [0.3, 0.4) is 0 Å². The van der Waals surface area contributed by atoms with Gasteiger partial charge in [-0.25, -0.2) is 0 Å². The van der Waals surface area contributed by atoms with Gasteiger partial charge < -0.3 is 24.4 Å². The SMILES string of the molecule is COC1C=CC(OC)(C(O)CCCCO)O1. The Kier molecular flexibility index (Phi) is 5.37. The minimum Gasteiger partial charge on any atom is -0.396 e. The Morgan fingerprint density at radius 3 is 2.69 bits per heavy atom. The van der Waals surface area contributed by atoms with Gasteiger partial charge in [-0.3, -0.25) is 0 Å². The predicted molar refractivity (Wildman–Crippen MR) is 57.7 cm³/mol. The van der Waals surface area contributed by atoms with E-state index in [0.29, 0.717) is 12.8 Å². The van der Waals surface area contributed by atoms with Gasteiger partial charge in [0.25, 0.3) is 0 Å². The van der Waals surface area contributed by atoms with Gasteiger partial charge in [-0.15, -0.1) is 0 Å². The second-order valence-corrected chi connectivity index (χ2v) is 3.74. The number of rotatable bonds is 7. The summed E-state index contributed by atoms with van der Waals surface area (Å²) in [6, 6.07) is 0. The van der Waals surface area contributed by atoms with E-state index in [1.54, 1.807) is 12.2 Å². The fraction of sp³-hybridized carbons (Fsp3) is 0.818. The van der Waals surface area contributed by atoms with E-state index in [0.717, 1.165) is 6.42 Å². The monoisotopic (exact) mass is 232 g/mol. The van der Waals surface area contributed by atoms with Gasteiger partial charge >= 0.3 is 0 Å². The molecule has 3 atom stereocenters. The molecule has 5 heteroatoms. The first kappa shape index (κ1) is 13.6. The lowest BCUT2D eigenvalue weighted by atomic mass is 10.0. The van der Waals surface area contributed by atoms with E-state index in [4.69, 9.17) is 19.3 Å². The third-order valence-corrected chi connectivity index (χ3v) is 2.69. The lowest BCUT2D eigenvalue weighted by Gasteiger charge is -2.31. The fourth-order valence-corrected chi connectivity index (χ4v) is 1.69. The molecule has 16 heavy (non-hydrogen) atoms. The van der Waals surface area contributed by atoms with E-state index in [1.807, 2.05) is 0 Å². The van der Waals surface area contributed by atoms with Crippen molar-refractivity contribution in [3.63, 3.8) is 0 Å². The molecule has 0 saturated heterocycles. The zero-order valence-electron chi connectivity index (χ0n) is 9.76. The van der Waals surface area contributed by atoms with Crippen LogP contribution in [0.15, 0.2) is 12.2 Å². The Bertz CT molecular complexity index is 230. The normalized spacial score (nSPS) is 30.9. The molecule has 2 N–H and O–H groups in total. The third-order valence-electron chi connectivity index (χ3n) is 2.69. The molecule has 1 aliphatic rings. The molecule has 1 heterocycles. The summed E-state index contributed by atoms with van der Waals surface area (Å²) in [4.78, 5) is 0. The van der Waals surface area contributed by atoms with Gasteiger partial charge in [0.1, 0.15) is 6.10 Å². The van der Waals surface area contributed by atoms with E-state index < -0.39 is 18.2 Å². The number of hydrogen-bond donors (Lipinski definition) is 2. The molecule has 0 amide bonds. The van der Waals surface area contributed by atoms with Crippen LogP contribution in [0.2, 0.25) is 0 Å². The molecule has 5 nitrogen and oxygen atoms in total. The highest BCUT2D eigenvalue weighted by atomic mass is 16.8. The Morgan fingerprint density at radius 2 is 2.19 bits per heavy atom. The summed E-state index contributed by atoms with van der Waals surface area (Å²) in [6.07, 6.45) is 4.03. The first-order valence-corrected chi connectivity index (χ1v) is 5.42. The predicted octanol–water partition coefficient (Wildman–Crippen LogP) is 0.412. The Labute approximate surface area is 95.6 Å². The highest BCUT2D eigenvalue weighted by Crippen LogP contribution is 2.30. The van der Waals surface area contributed by atoms with Crippen LogP contribution < -0.4 is 0 Å². The molecule has 0 aromatic carbocycles. The van der Waals surface area contributed by atoms with Gasteiger partial charge in [-0.2, -0.15) is 0 Å². The average molecular weight is 232 g/mol. The highest BCUT2D eigenvalue weighted by Gasteiger charge is 2.42. The van der Waals surface area contributed by atoms with Crippen molar-refractivity contribution in [3.05, 3.63) is 12.2 Å². The number of ether oxygens (including phenoxy) is 3. The quantitative estimate of drug-likeness (QED) is 0.491. The zero-order chi connectivity index (χ0) is 12.0. The lowest BCUT2D eigenvalue weighted by molar-refractivity contribution is -0.279. The molecule has 94 valence electrons. The van der Waals surface area contributed by atoms with Gasteiger partial charge in [0.2, 0.25) is 5.79 Å². The molecule has 1 aliphatic heterocycles. The minimum atomic E-state index is -1.11. The molecule has 0 saturated carbocycles. The van der Waals surface area contributed by atoms with Gasteiger partial charge in [-0.1, -0.05) is 0 Å². The smallest absolute Gasteiger partial charge is 0.217 e. The number of aliphatic hydroxyl groups excluding tert-OH is 2. The summed E-state index contributed by atoms with van der Waals surface area (Å²) in [6.45, 7) is 0.129. The van der Waals surface area contributed by atoms with Crippen molar-refractivity contribution >= 4 is 0 Å². The van der Waals surface area contributed by atoms with Gasteiger partial charge in [0.15, 0.2) is 6.29 Å². The third kappa shape index (κ3) is 3.02. The Morgan fingerprint density at radius 1 is 1.44 bits per heavy atom. The van der Waals surface area contributed by atoms with Crippen LogP contribution in [0, 0.1) is 0 Å². The van der Waals surface area contributed by atoms with Crippen molar-refractivity contribution in [2.45, 2.75) is 37.4 Å². The second kappa shape index (κ2) is 6.32. The molecule has 1 rings (SSSR count). The number of methoxy groups -OCH3 is 2. The first-order valence-electron chi connectivity index (χ1n) is 5.42. The lowest BCUT2D eigenvalue weighted by Crippen LogP contribution is -2.44. The van der Waals surface area contributed by atoms with E-state index >= 15 is 0 Å².